The van der Waals surface area contributed by atoms with Crippen LogP contribution in [0.25, 0.3) is 0 Å². The summed E-state index contributed by atoms with van der Waals surface area (Å²) in [6.07, 6.45) is 1.84. The molecule has 0 aliphatic rings. The molecule has 70 valence electrons. The molecule has 1 unspecified atom stereocenters. The van der Waals surface area contributed by atoms with Gasteiger partial charge in [-0.3, -0.25) is 0 Å². The van der Waals surface area contributed by atoms with Gasteiger partial charge in [-0.2, -0.15) is 20.4 Å². The van der Waals surface area contributed by atoms with Crippen LogP contribution in [0.5, 0.6) is 0 Å². The Labute approximate surface area is 75.1 Å². The van der Waals surface area contributed by atoms with Crippen LogP contribution < -0.4 is 5.84 Å². The lowest BCUT2D eigenvalue weighted by Crippen LogP contribution is -1.89. The molecule has 2 N–H and O–H groups in total. The van der Waals surface area contributed by atoms with E-state index in [4.69, 9.17) is 5.84 Å². The number of nitrogens with two attached hydrogens (primary N) is 1. The summed E-state index contributed by atoms with van der Waals surface area (Å²) in [4.78, 5) is 0. The summed E-state index contributed by atoms with van der Waals surface area (Å²) < 4.78 is 0. The molecule has 0 rings (SSSR count). The Balaban J connectivity index is 3.85. The van der Waals surface area contributed by atoms with E-state index in [1.165, 1.54) is 0 Å². The second kappa shape index (κ2) is 8.11. The maximum Gasteiger partial charge on any atom is 0.179 e. The van der Waals surface area contributed by atoms with E-state index in [1.54, 1.807) is 6.92 Å². The van der Waals surface area contributed by atoms with Crippen molar-refractivity contribution in [2.75, 3.05) is 0 Å². The van der Waals surface area contributed by atoms with Gasteiger partial charge in [0.2, 0.25) is 0 Å². The number of azo groups is 2. The summed E-state index contributed by atoms with van der Waals surface area (Å²) in [5.41, 5.74) is 0. The van der Waals surface area contributed by atoms with E-state index in [9.17, 15) is 0 Å². The number of rotatable bonds is 5. The molecule has 8 nitrogen and oxygen atoms in total. The third-order valence-corrected chi connectivity index (χ3v) is 0.771. The molecule has 0 aromatic rings. The average molecular weight is 182 g/mol. The van der Waals surface area contributed by atoms with Crippen LogP contribution in [0.4, 0.5) is 0 Å². The molecule has 0 saturated heterocycles. The number of hydrogen-bond donors (Lipinski definition) is 1. The minimum Gasteiger partial charge on any atom is -0.322 e. The van der Waals surface area contributed by atoms with Gasteiger partial charge < -0.3 is 5.84 Å². The Morgan fingerprint density at radius 3 is 2.38 bits per heavy atom. The standard InChI is InChI=1S/C5H10N8/c1-5(12-10-3-8-6)13-11-4-9-7-2/h3-5H,2,6H2,1H3. The van der Waals surface area contributed by atoms with Gasteiger partial charge in [-0.1, -0.05) is 0 Å². The first-order valence-electron chi connectivity index (χ1n) is 3.30. The molecule has 0 amide bonds. The predicted molar refractivity (Wildman–Crippen MR) is 49.9 cm³/mol. The van der Waals surface area contributed by atoms with Crippen molar-refractivity contribution < 1.29 is 0 Å². The summed E-state index contributed by atoms with van der Waals surface area (Å²) in [5.74, 6) is 4.78. The number of hydrogen-bond acceptors (Lipinski definition) is 6. The SMILES string of the molecule is C=NN=CN=NC(C)N=NC=NN. The van der Waals surface area contributed by atoms with Crippen LogP contribution in [-0.2, 0) is 0 Å². The van der Waals surface area contributed by atoms with Gasteiger partial charge in [0.05, 0.1) is 0 Å². The highest BCUT2D eigenvalue weighted by atomic mass is 15.3. The summed E-state index contributed by atoms with van der Waals surface area (Å²) >= 11 is 0. The molecule has 13 heavy (non-hydrogen) atoms. The predicted octanol–water partition coefficient (Wildman–Crippen LogP) is 0.783. The van der Waals surface area contributed by atoms with Crippen molar-refractivity contribution in [1.29, 1.82) is 0 Å². The van der Waals surface area contributed by atoms with Gasteiger partial charge in [-0.15, -0.1) is 15.3 Å². The molecule has 0 spiro atoms. The Morgan fingerprint density at radius 1 is 1.23 bits per heavy atom. The fourth-order valence-corrected chi connectivity index (χ4v) is 0.365. The molecular formula is C5H10N8. The molecule has 0 aliphatic carbocycles. The van der Waals surface area contributed by atoms with Gasteiger partial charge in [0.15, 0.2) is 18.8 Å². The van der Waals surface area contributed by atoms with Gasteiger partial charge in [0.25, 0.3) is 0 Å². The van der Waals surface area contributed by atoms with Crippen molar-refractivity contribution in [3.05, 3.63) is 0 Å². The zero-order chi connectivity index (χ0) is 9.94. The van der Waals surface area contributed by atoms with E-state index < -0.39 is 6.17 Å². The second-order valence-corrected chi connectivity index (χ2v) is 1.73. The third-order valence-electron chi connectivity index (χ3n) is 0.771. The first-order valence-corrected chi connectivity index (χ1v) is 3.30. The Morgan fingerprint density at radius 2 is 1.85 bits per heavy atom. The lowest BCUT2D eigenvalue weighted by molar-refractivity contribution is 0.714. The van der Waals surface area contributed by atoms with Crippen LogP contribution in [0, 0.1) is 0 Å². The van der Waals surface area contributed by atoms with Crippen LogP contribution in [0.1, 0.15) is 6.92 Å². The molecular weight excluding hydrogens is 172 g/mol. The first-order chi connectivity index (χ1) is 6.31. The van der Waals surface area contributed by atoms with Crippen LogP contribution in [0.15, 0.2) is 35.8 Å². The third kappa shape index (κ3) is 7.91. The second-order valence-electron chi connectivity index (χ2n) is 1.73. The smallest absolute Gasteiger partial charge is 0.179 e. The van der Waals surface area contributed by atoms with Crippen LogP contribution in [0.3, 0.4) is 0 Å². The molecule has 0 aromatic carbocycles. The van der Waals surface area contributed by atoms with Gasteiger partial charge in [-0.25, -0.2) is 0 Å². The van der Waals surface area contributed by atoms with Crippen molar-refractivity contribution in [3.8, 4) is 0 Å². The van der Waals surface area contributed by atoms with Crippen LogP contribution in [0.2, 0.25) is 0 Å². The molecule has 0 aliphatic heterocycles. The highest BCUT2D eigenvalue weighted by Crippen LogP contribution is 1.91. The van der Waals surface area contributed by atoms with Crippen molar-refractivity contribution in [1.82, 2.24) is 0 Å². The molecule has 0 radical (unpaired) electrons. The Kier molecular flexibility index (Phi) is 6.87. The van der Waals surface area contributed by atoms with E-state index in [2.05, 4.69) is 42.5 Å². The van der Waals surface area contributed by atoms with E-state index in [-0.39, 0.29) is 0 Å². The number of hydrazone groups is 1. The minimum absolute atomic E-state index is 0.408. The lowest BCUT2D eigenvalue weighted by Gasteiger charge is -1.90. The molecule has 0 saturated carbocycles. The summed E-state index contributed by atoms with van der Waals surface area (Å²) in [5, 5.41) is 23.9. The van der Waals surface area contributed by atoms with E-state index in [0.29, 0.717) is 0 Å². The Bertz CT molecular complexity index is 239. The van der Waals surface area contributed by atoms with Crippen molar-refractivity contribution in [3.63, 3.8) is 0 Å². The lowest BCUT2D eigenvalue weighted by atomic mass is 10.6. The van der Waals surface area contributed by atoms with E-state index in [1.807, 2.05) is 0 Å². The molecule has 0 bridgehead atoms. The molecule has 8 heteroatoms. The summed E-state index contributed by atoms with van der Waals surface area (Å²) in [6.45, 7) is 4.80. The monoisotopic (exact) mass is 182 g/mol. The quantitative estimate of drug-likeness (QED) is 0.219. The number of nitrogens with zero attached hydrogens (tertiary/aromatic N) is 7. The van der Waals surface area contributed by atoms with Crippen molar-refractivity contribution in [2.45, 2.75) is 13.1 Å². The van der Waals surface area contributed by atoms with Crippen LogP contribution >= 0.6 is 0 Å². The zero-order valence-corrected chi connectivity index (χ0v) is 7.15. The maximum absolute atomic E-state index is 4.78. The van der Waals surface area contributed by atoms with Gasteiger partial charge in [0, 0.05) is 6.72 Å². The fraction of sp³-hybridized carbons (Fsp3) is 0.400. The van der Waals surface area contributed by atoms with Gasteiger partial charge in [0.1, 0.15) is 0 Å². The Hall–Kier alpha value is -1.99. The molecule has 0 fully saturated rings. The average Bonchev–Trinajstić information content (AvgIpc) is 2.13. The van der Waals surface area contributed by atoms with Crippen molar-refractivity contribution in [2.24, 2.45) is 41.6 Å². The normalized spacial score (nSPS) is 15.2. The fourth-order valence-electron chi connectivity index (χ4n) is 0.365. The summed E-state index contributed by atoms with van der Waals surface area (Å²) in [7, 11) is 0. The molecule has 0 aromatic heterocycles. The van der Waals surface area contributed by atoms with E-state index in [0.717, 1.165) is 12.7 Å². The maximum atomic E-state index is 4.78. The van der Waals surface area contributed by atoms with Crippen molar-refractivity contribution >= 4 is 19.4 Å². The molecule has 1 atom stereocenters. The summed E-state index contributed by atoms with van der Waals surface area (Å²) in [6, 6.07) is 0. The van der Waals surface area contributed by atoms with E-state index >= 15 is 0 Å². The van der Waals surface area contributed by atoms with Gasteiger partial charge >= 0.3 is 0 Å². The highest BCUT2D eigenvalue weighted by Gasteiger charge is 1.90. The highest BCUT2D eigenvalue weighted by molar-refractivity contribution is 5.54. The topological polar surface area (TPSA) is 113 Å². The van der Waals surface area contributed by atoms with Gasteiger partial charge in [-0.05, 0) is 6.92 Å². The molecule has 0 heterocycles. The zero-order valence-electron chi connectivity index (χ0n) is 7.15. The largest absolute Gasteiger partial charge is 0.322 e. The van der Waals surface area contributed by atoms with Crippen LogP contribution in [-0.4, -0.2) is 25.6 Å². The first kappa shape index (κ1) is 11.0. The minimum atomic E-state index is -0.408.